The smallest absolute Gasteiger partial charge is 0.322 e. The molecule has 5 nitrogen and oxygen atoms in total. The Labute approximate surface area is 128 Å². The highest BCUT2D eigenvalue weighted by Gasteiger charge is 2.39. The molecule has 0 bridgehead atoms. The maximum atomic E-state index is 12.8. The van der Waals surface area contributed by atoms with E-state index in [9.17, 15) is 18.3 Å². The molecule has 3 rings (SSSR count). The largest absolute Gasteiger partial charge is 0.480 e. The maximum absolute atomic E-state index is 12.8. The average molecular weight is 317 g/mol. The van der Waals surface area contributed by atoms with Crippen LogP contribution in [0.4, 0.5) is 0 Å². The second kappa shape index (κ2) is 5.55. The Morgan fingerprint density at radius 2 is 1.59 bits per heavy atom. The highest BCUT2D eigenvalue weighted by molar-refractivity contribution is 7.89. The van der Waals surface area contributed by atoms with E-state index in [0.717, 1.165) is 15.4 Å². The maximum Gasteiger partial charge on any atom is 0.322 e. The molecule has 1 N–H and O–H groups in total. The highest BCUT2D eigenvalue weighted by atomic mass is 32.2. The number of aliphatic carboxylic acids is 1. The van der Waals surface area contributed by atoms with Gasteiger partial charge in [-0.1, -0.05) is 42.5 Å². The van der Waals surface area contributed by atoms with Crippen LogP contribution >= 0.6 is 0 Å². The second-order valence-electron chi connectivity index (χ2n) is 5.19. The standard InChI is InChI=1S/C16H15NO4S/c18-16(19)15-10-12-6-4-5-7-13(12)11-17(15)22(20,21)14-8-2-1-3-9-14/h1-9,15H,10-11H2,(H,18,19)/t15-/m0/s1. The fraction of sp³-hybridized carbons (Fsp3) is 0.188. The molecule has 0 saturated heterocycles. The molecule has 1 atom stereocenters. The van der Waals surface area contributed by atoms with Gasteiger partial charge in [0.2, 0.25) is 10.0 Å². The molecule has 0 aliphatic carbocycles. The molecule has 22 heavy (non-hydrogen) atoms. The molecule has 1 aliphatic heterocycles. The Bertz CT molecular complexity index is 802. The predicted molar refractivity (Wildman–Crippen MR) is 80.7 cm³/mol. The van der Waals surface area contributed by atoms with Crippen LogP contribution in [-0.4, -0.2) is 29.8 Å². The van der Waals surface area contributed by atoms with E-state index in [-0.39, 0.29) is 17.9 Å². The van der Waals surface area contributed by atoms with Crippen molar-refractivity contribution in [1.82, 2.24) is 4.31 Å². The van der Waals surface area contributed by atoms with E-state index in [4.69, 9.17) is 0 Å². The Kier molecular flexibility index (Phi) is 3.72. The van der Waals surface area contributed by atoms with Gasteiger partial charge in [-0.2, -0.15) is 4.31 Å². The minimum Gasteiger partial charge on any atom is -0.480 e. The van der Waals surface area contributed by atoms with Crippen molar-refractivity contribution in [2.45, 2.75) is 23.9 Å². The number of sulfonamides is 1. The van der Waals surface area contributed by atoms with Gasteiger partial charge in [0.15, 0.2) is 0 Å². The third-order valence-corrected chi connectivity index (χ3v) is 5.71. The SMILES string of the molecule is O=C(O)[C@@H]1Cc2ccccc2CN1S(=O)(=O)c1ccccc1. The molecule has 0 unspecified atom stereocenters. The van der Waals surface area contributed by atoms with E-state index in [0.29, 0.717) is 0 Å². The van der Waals surface area contributed by atoms with Gasteiger partial charge < -0.3 is 5.11 Å². The lowest BCUT2D eigenvalue weighted by molar-refractivity contribution is -0.141. The summed E-state index contributed by atoms with van der Waals surface area (Å²) in [5, 5.41) is 9.44. The molecule has 0 fully saturated rings. The molecular weight excluding hydrogens is 302 g/mol. The van der Waals surface area contributed by atoms with Crippen molar-refractivity contribution in [3.05, 3.63) is 65.7 Å². The molecule has 0 aromatic heterocycles. The number of nitrogens with zero attached hydrogens (tertiary/aromatic N) is 1. The summed E-state index contributed by atoms with van der Waals surface area (Å²) in [6, 6.07) is 14.2. The van der Waals surface area contributed by atoms with Crippen LogP contribution < -0.4 is 0 Å². The van der Waals surface area contributed by atoms with Crippen LogP contribution in [0.15, 0.2) is 59.5 Å². The lowest BCUT2D eigenvalue weighted by atomic mass is 9.96. The van der Waals surface area contributed by atoms with Crippen molar-refractivity contribution in [3.63, 3.8) is 0 Å². The first-order valence-corrected chi connectivity index (χ1v) is 8.30. The molecule has 0 saturated carbocycles. The van der Waals surface area contributed by atoms with Gasteiger partial charge in [0.05, 0.1) is 4.90 Å². The van der Waals surface area contributed by atoms with Crippen LogP contribution in [0, 0.1) is 0 Å². The molecule has 114 valence electrons. The van der Waals surface area contributed by atoms with Crippen LogP contribution in [0.3, 0.4) is 0 Å². The van der Waals surface area contributed by atoms with Gasteiger partial charge in [-0.15, -0.1) is 0 Å². The Morgan fingerprint density at radius 3 is 2.23 bits per heavy atom. The Morgan fingerprint density at radius 1 is 1.00 bits per heavy atom. The first-order chi connectivity index (χ1) is 10.5. The quantitative estimate of drug-likeness (QED) is 0.938. The van der Waals surface area contributed by atoms with Gasteiger partial charge in [0.25, 0.3) is 0 Å². The number of hydrogen-bond acceptors (Lipinski definition) is 3. The van der Waals surface area contributed by atoms with Crippen LogP contribution in [0.5, 0.6) is 0 Å². The number of carboxylic acid groups (broad SMARTS) is 1. The third-order valence-electron chi connectivity index (χ3n) is 3.84. The third kappa shape index (κ3) is 2.51. The van der Waals surface area contributed by atoms with E-state index in [1.54, 1.807) is 18.2 Å². The van der Waals surface area contributed by atoms with E-state index >= 15 is 0 Å². The van der Waals surface area contributed by atoms with Gasteiger partial charge >= 0.3 is 5.97 Å². The zero-order valence-electron chi connectivity index (χ0n) is 11.7. The molecule has 2 aromatic rings. The zero-order chi connectivity index (χ0) is 15.7. The fourth-order valence-electron chi connectivity index (χ4n) is 2.69. The number of carbonyl (C=O) groups is 1. The molecule has 1 aliphatic rings. The molecule has 0 spiro atoms. The molecule has 6 heteroatoms. The second-order valence-corrected chi connectivity index (χ2v) is 7.08. The highest BCUT2D eigenvalue weighted by Crippen LogP contribution is 2.29. The summed E-state index contributed by atoms with van der Waals surface area (Å²) in [5.74, 6) is -1.13. The van der Waals surface area contributed by atoms with Crippen molar-refractivity contribution in [1.29, 1.82) is 0 Å². The number of fused-ring (bicyclic) bond motifs is 1. The van der Waals surface area contributed by atoms with Crippen molar-refractivity contribution >= 4 is 16.0 Å². The first-order valence-electron chi connectivity index (χ1n) is 6.86. The van der Waals surface area contributed by atoms with E-state index in [2.05, 4.69) is 0 Å². The monoisotopic (exact) mass is 317 g/mol. The Hall–Kier alpha value is -2.18. The first kappa shape index (κ1) is 14.7. The van der Waals surface area contributed by atoms with Crippen molar-refractivity contribution in [3.8, 4) is 0 Å². The number of carboxylic acids is 1. The lowest BCUT2D eigenvalue weighted by Gasteiger charge is -2.33. The molecule has 2 aromatic carbocycles. The topological polar surface area (TPSA) is 74.7 Å². The van der Waals surface area contributed by atoms with Gasteiger partial charge in [-0.05, 0) is 23.3 Å². The minimum absolute atomic E-state index is 0.0738. The van der Waals surface area contributed by atoms with Crippen LogP contribution in [0.25, 0.3) is 0 Å². The van der Waals surface area contributed by atoms with Gasteiger partial charge in [-0.3, -0.25) is 4.79 Å². The number of rotatable bonds is 3. The number of benzene rings is 2. The molecule has 0 amide bonds. The summed E-state index contributed by atoms with van der Waals surface area (Å²) in [6.45, 7) is 0.0738. The van der Waals surface area contributed by atoms with Crippen molar-refractivity contribution in [2.24, 2.45) is 0 Å². The van der Waals surface area contributed by atoms with Crippen LogP contribution in [0.1, 0.15) is 11.1 Å². The van der Waals surface area contributed by atoms with E-state index < -0.39 is 22.0 Å². The van der Waals surface area contributed by atoms with Gasteiger partial charge in [0, 0.05) is 13.0 Å². The zero-order valence-corrected chi connectivity index (χ0v) is 12.5. The summed E-state index contributed by atoms with van der Waals surface area (Å²) >= 11 is 0. The Balaban J connectivity index is 2.07. The summed E-state index contributed by atoms with van der Waals surface area (Å²) in [6.07, 6.45) is 0.178. The van der Waals surface area contributed by atoms with E-state index in [1.807, 2.05) is 24.3 Å². The van der Waals surface area contributed by atoms with Crippen LogP contribution in [0.2, 0.25) is 0 Å². The summed E-state index contributed by atoms with van der Waals surface area (Å²) in [4.78, 5) is 11.7. The normalized spacial score (nSPS) is 18.6. The van der Waals surface area contributed by atoms with Crippen molar-refractivity contribution < 1.29 is 18.3 Å². The molecular formula is C16H15NO4S. The minimum atomic E-state index is -3.85. The summed E-state index contributed by atoms with van der Waals surface area (Å²) < 4.78 is 26.6. The van der Waals surface area contributed by atoms with Crippen molar-refractivity contribution in [2.75, 3.05) is 0 Å². The van der Waals surface area contributed by atoms with E-state index in [1.165, 1.54) is 12.1 Å². The predicted octanol–water partition coefficient (Wildman–Crippen LogP) is 1.89. The average Bonchev–Trinajstić information content (AvgIpc) is 2.54. The summed E-state index contributed by atoms with van der Waals surface area (Å²) in [7, 11) is -3.85. The lowest BCUT2D eigenvalue weighted by Crippen LogP contribution is -2.48. The number of hydrogen-bond donors (Lipinski definition) is 1. The fourth-order valence-corrected chi connectivity index (χ4v) is 4.27. The molecule has 1 heterocycles. The van der Waals surface area contributed by atoms with Crippen LogP contribution in [-0.2, 0) is 27.8 Å². The van der Waals surface area contributed by atoms with Gasteiger partial charge in [0.1, 0.15) is 6.04 Å². The summed E-state index contributed by atoms with van der Waals surface area (Å²) in [5.41, 5.74) is 1.73. The van der Waals surface area contributed by atoms with Gasteiger partial charge in [-0.25, -0.2) is 8.42 Å². The molecule has 0 radical (unpaired) electrons.